The number of carbonyl (C=O) groups is 1. The average Bonchev–Trinajstić information content (AvgIpc) is 3.04. The van der Waals surface area contributed by atoms with Gasteiger partial charge in [0.1, 0.15) is 17.4 Å². The molecule has 3 aromatic rings. The first-order valence-corrected chi connectivity index (χ1v) is 8.60. The molecule has 0 saturated carbocycles. The van der Waals surface area contributed by atoms with Gasteiger partial charge in [-0.15, -0.1) is 11.3 Å². The number of nitrogens with zero attached hydrogens (tertiary/aromatic N) is 1. The third-order valence-corrected chi connectivity index (χ3v) is 4.63. The van der Waals surface area contributed by atoms with E-state index in [2.05, 4.69) is 11.6 Å². The van der Waals surface area contributed by atoms with Gasteiger partial charge in [-0.1, -0.05) is 43.0 Å². The van der Waals surface area contributed by atoms with Crippen molar-refractivity contribution in [1.29, 1.82) is 0 Å². The Bertz CT molecular complexity index is 910. The van der Waals surface area contributed by atoms with Crippen molar-refractivity contribution in [3.63, 3.8) is 0 Å². The van der Waals surface area contributed by atoms with E-state index >= 15 is 0 Å². The van der Waals surface area contributed by atoms with Gasteiger partial charge in [0.15, 0.2) is 0 Å². The van der Waals surface area contributed by atoms with Crippen LogP contribution in [0.3, 0.4) is 0 Å². The number of para-hydroxylation sites is 2. The molecule has 5 heteroatoms. The van der Waals surface area contributed by atoms with Gasteiger partial charge in [-0.25, -0.2) is 4.98 Å². The fraction of sp³-hybridized carbons (Fsp3) is 0.100. The average molecular weight is 351 g/mol. The van der Waals surface area contributed by atoms with Crippen LogP contribution in [-0.4, -0.2) is 22.7 Å². The van der Waals surface area contributed by atoms with Crippen LogP contribution in [-0.2, 0) is 4.79 Å². The van der Waals surface area contributed by atoms with E-state index in [0.29, 0.717) is 22.9 Å². The molecular formula is C20H17NO3S. The topological polar surface area (TPSA) is 59.4 Å². The summed E-state index contributed by atoms with van der Waals surface area (Å²) in [5.74, 6) is -0.207. The number of aliphatic carboxylic acids is 1. The summed E-state index contributed by atoms with van der Waals surface area (Å²) in [5.41, 5.74) is 2.35. The number of carboxylic acids is 1. The maximum Gasteiger partial charge on any atom is 0.307 e. The second-order valence-electron chi connectivity index (χ2n) is 5.36. The third kappa shape index (κ3) is 4.14. The molecule has 1 aromatic heterocycles. The highest BCUT2D eigenvalue weighted by atomic mass is 32.1. The third-order valence-electron chi connectivity index (χ3n) is 3.52. The molecule has 0 saturated heterocycles. The highest BCUT2D eigenvalue weighted by Crippen LogP contribution is 2.32. The standard InChI is InChI=1S/C20H17NO3S/c1-2-11-24-17-9-5-3-7-14(17)12-15(13-19(22)23)20-21-16-8-4-6-10-18(16)25-20/h2-10,12H,1,11,13H2,(H,22,23)/b15-12+. The summed E-state index contributed by atoms with van der Waals surface area (Å²) in [6, 6.07) is 15.3. The molecule has 25 heavy (non-hydrogen) atoms. The number of fused-ring (bicyclic) bond motifs is 1. The van der Waals surface area contributed by atoms with Crippen molar-refractivity contribution >= 4 is 39.2 Å². The number of hydrogen-bond donors (Lipinski definition) is 1. The number of thiazole rings is 1. The number of rotatable bonds is 7. The Labute approximate surface area is 149 Å². The van der Waals surface area contributed by atoms with Crippen LogP contribution in [0.4, 0.5) is 0 Å². The van der Waals surface area contributed by atoms with Gasteiger partial charge >= 0.3 is 5.97 Å². The zero-order valence-corrected chi connectivity index (χ0v) is 14.3. The van der Waals surface area contributed by atoms with E-state index in [1.165, 1.54) is 11.3 Å². The largest absolute Gasteiger partial charge is 0.489 e. The Morgan fingerprint density at radius 2 is 1.96 bits per heavy atom. The highest BCUT2D eigenvalue weighted by Gasteiger charge is 2.13. The van der Waals surface area contributed by atoms with Gasteiger partial charge in [0, 0.05) is 5.56 Å². The summed E-state index contributed by atoms with van der Waals surface area (Å²) in [7, 11) is 0. The molecule has 0 amide bonds. The fourth-order valence-electron chi connectivity index (χ4n) is 2.43. The van der Waals surface area contributed by atoms with Crippen LogP contribution < -0.4 is 4.74 Å². The lowest BCUT2D eigenvalue weighted by Crippen LogP contribution is -1.98. The SMILES string of the molecule is C=CCOc1ccccc1/C=C(\CC(=O)O)c1nc2ccccc2s1. The number of hydrogen-bond acceptors (Lipinski definition) is 4. The summed E-state index contributed by atoms with van der Waals surface area (Å²) in [5, 5.41) is 10.0. The van der Waals surface area contributed by atoms with Gasteiger partial charge in [-0.05, 0) is 29.8 Å². The minimum absolute atomic E-state index is 0.102. The molecule has 0 unspecified atom stereocenters. The van der Waals surface area contributed by atoms with Crippen LogP contribution in [0.25, 0.3) is 21.9 Å². The Morgan fingerprint density at radius 1 is 1.20 bits per heavy atom. The normalized spacial score (nSPS) is 11.4. The first-order valence-electron chi connectivity index (χ1n) is 7.78. The number of carboxylic acid groups (broad SMARTS) is 1. The van der Waals surface area contributed by atoms with Gasteiger partial charge in [0.2, 0.25) is 0 Å². The maximum atomic E-state index is 11.3. The summed E-state index contributed by atoms with van der Waals surface area (Å²) < 4.78 is 6.69. The lowest BCUT2D eigenvalue weighted by molar-refractivity contribution is -0.135. The molecule has 1 N–H and O–H groups in total. The van der Waals surface area contributed by atoms with Crippen LogP contribution in [0.5, 0.6) is 5.75 Å². The smallest absolute Gasteiger partial charge is 0.307 e. The number of aromatic nitrogens is 1. The molecule has 0 radical (unpaired) electrons. The fourth-order valence-corrected chi connectivity index (χ4v) is 3.41. The molecule has 0 aliphatic rings. The highest BCUT2D eigenvalue weighted by molar-refractivity contribution is 7.19. The van der Waals surface area contributed by atoms with E-state index in [1.807, 2.05) is 54.6 Å². The molecule has 0 bridgehead atoms. The lowest BCUT2D eigenvalue weighted by Gasteiger charge is -2.08. The zero-order valence-electron chi connectivity index (χ0n) is 13.5. The Kier molecular flexibility index (Phi) is 5.26. The molecule has 0 aliphatic carbocycles. The molecule has 2 aromatic carbocycles. The molecule has 126 valence electrons. The van der Waals surface area contributed by atoms with E-state index in [-0.39, 0.29) is 6.42 Å². The summed E-state index contributed by atoms with van der Waals surface area (Å²) in [4.78, 5) is 15.9. The molecule has 3 rings (SSSR count). The Morgan fingerprint density at radius 3 is 2.72 bits per heavy atom. The molecule has 0 spiro atoms. The molecule has 4 nitrogen and oxygen atoms in total. The summed E-state index contributed by atoms with van der Waals surface area (Å²) in [6.45, 7) is 4.04. The second-order valence-corrected chi connectivity index (χ2v) is 6.39. The molecule has 0 aliphatic heterocycles. The van der Waals surface area contributed by atoms with E-state index in [9.17, 15) is 9.90 Å². The predicted molar refractivity (Wildman–Crippen MR) is 102 cm³/mol. The zero-order chi connectivity index (χ0) is 17.6. The van der Waals surface area contributed by atoms with E-state index in [1.54, 1.807) is 6.08 Å². The van der Waals surface area contributed by atoms with E-state index in [0.717, 1.165) is 15.8 Å². The molecule has 0 atom stereocenters. The Hall–Kier alpha value is -2.92. The molecule has 0 fully saturated rings. The molecular weight excluding hydrogens is 334 g/mol. The van der Waals surface area contributed by atoms with E-state index < -0.39 is 5.97 Å². The first-order chi connectivity index (χ1) is 12.2. The number of benzene rings is 2. The van der Waals surface area contributed by atoms with Gasteiger partial charge in [0.05, 0.1) is 16.6 Å². The number of ether oxygens (including phenoxy) is 1. The van der Waals surface area contributed by atoms with Crippen molar-refractivity contribution < 1.29 is 14.6 Å². The van der Waals surface area contributed by atoms with Crippen LogP contribution in [0.2, 0.25) is 0 Å². The summed E-state index contributed by atoms with van der Waals surface area (Å²) >= 11 is 1.49. The quantitative estimate of drug-likeness (QED) is 0.617. The van der Waals surface area contributed by atoms with Gasteiger partial charge in [-0.2, -0.15) is 0 Å². The minimum Gasteiger partial charge on any atom is -0.489 e. The first kappa shape index (κ1) is 16.9. The Balaban J connectivity index is 2.05. The lowest BCUT2D eigenvalue weighted by atomic mass is 10.1. The van der Waals surface area contributed by atoms with Gasteiger partial charge in [-0.3, -0.25) is 4.79 Å². The van der Waals surface area contributed by atoms with Crippen LogP contribution in [0.15, 0.2) is 61.2 Å². The predicted octanol–water partition coefficient (Wildman–Crippen LogP) is 4.88. The maximum absolute atomic E-state index is 11.3. The van der Waals surface area contributed by atoms with Gasteiger partial charge in [0.25, 0.3) is 0 Å². The van der Waals surface area contributed by atoms with Crippen molar-refractivity contribution in [1.82, 2.24) is 4.98 Å². The van der Waals surface area contributed by atoms with Crippen molar-refractivity contribution in [2.75, 3.05) is 6.61 Å². The van der Waals surface area contributed by atoms with E-state index in [4.69, 9.17) is 4.74 Å². The van der Waals surface area contributed by atoms with Crippen molar-refractivity contribution in [3.8, 4) is 5.75 Å². The van der Waals surface area contributed by atoms with Crippen LogP contribution in [0, 0.1) is 0 Å². The molecule has 1 heterocycles. The van der Waals surface area contributed by atoms with Crippen molar-refractivity contribution in [2.45, 2.75) is 6.42 Å². The van der Waals surface area contributed by atoms with Crippen LogP contribution >= 0.6 is 11.3 Å². The van der Waals surface area contributed by atoms with Crippen molar-refractivity contribution in [3.05, 3.63) is 71.8 Å². The minimum atomic E-state index is -0.894. The van der Waals surface area contributed by atoms with Crippen LogP contribution in [0.1, 0.15) is 17.0 Å². The second kappa shape index (κ2) is 7.77. The van der Waals surface area contributed by atoms with Gasteiger partial charge < -0.3 is 9.84 Å². The van der Waals surface area contributed by atoms with Crippen molar-refractivity contribution in [2.24, 2.45) is 0 Å². The monoisotopic (exact) mass is 351 g/mol. The summed E-state index contributed by atoms with van der Waals surface area (Å²) in [6.07, 6.45) is 3.41.